The lowest BCUT2D eigenvalue weighted by Gasteiger charge is -2.13. The van der Waals surface area contributed by atoms with E-state index >= 15 is 0 Å². The number of pyridine rings is 1. The predicted molar refractivity (Wildman–Crippen MR) is 60.0 cm³/mol. The van der Waals surface area contributed by atoms with Crippen molar-refractivity contribution in [3.63, 3.8) is 0 Å². The minimum atomic E-state index is -1.18. The predicted octanol–water partition coefficient (Wildman–Crippen LogP) is 0.564. The van der Waals surface area contributed by atoms with Gasteiger partial charge in [-0.1, -0.05) is 11.6 Å². The van der Waals surface area contributed by atoms with Crippen LogP contribution in [0.15, 0.2) is 18.5 Å². The molecule has 1 heterocycles. The summed E-state index contributed by atoms with van der Waals surface area (Å²) in [6, 6.07) is 0.325. The fraction of sp³-hybridized carbons (Fsp3) is 0.300. The standard InChI is InChI=1S/C10H11ClN2O4/c1-17-5-8(10(15)16)13-9(14)6-4-12-3-2-7(6)11/h2-4,8H,5H2,1H3,(H,13,14)(H,15,16). The lowest BCUT2D eigenvalue weighted by molar-refractivity contribution is -0.140. The van der Waals surface area contributed by atoms with Crippen LogP contribution >= 0.6 is 11.6 Å². The van der Waals surface area contributed by atoms with E-state index in [1.165, 1.54) is 25.6 Å². The largest absolute Gasteiger partial charge is 0.480 e. The minimum absolute atomic E-state index is 0.122. The van der Waals surface area contributed by atoms with Gasteiger partial charge in [0.05, 0.1) is 17.2 Å². The Morgan fingerprint density at radius 2 is 2.35 bits per heavy atom. The van der Waals surface area contributed by atoms with Crippen molar-refractivity contribution < 1.29 is 19.4 Å². The summed E-state index contributed by atoms with van der Waals surface area (Å²) < 4.78 is 4.69. The van der Waals surface area contributed by atoms with Crippen LogP contribution < -0.4 is 5.32 Å². The van der Waals surface area contributed by atoms with Gasteiger partial charge in [-0.15, -0.1) is 0 Å². The molecule has 17 heavy (non-hydrogen) atoms. The molecule has 1 aromatic heterocycles. The molecule has 0 aliphatic rings. The van der Waals surface area contributed by atoms with Crippen molar-refractivity contribution in [1.29, 1.82) is 0 Å². The van der Waals surface area contributed by atoms with Crippen molar-refractivity contribution in [3.8, 4) is 0 Å². The van der Waals surface area contributed by atoms with Crippen molar-refractivity contribution in [2.75, 3.05) is 13.7 Å². The number of ether oxygens (including phenoxy) is 1. The number of halogens is 1. The number of hydrogen-bond donors (Lipinski definition) is 2. The van der Waals surface area contributed by atoms with E-state index in [1.807, 2.05) is 0 Å². The van der Waals surface area contributed by atoms with Gasteiger partial charge in [-0.05, 0) is 6.07 Å². The molecule has 1 aromatic rings. The fourth-order valence-corrected chi connectivity index (χ4v) is 1.31. The lowest BCUT2D eigenvalue weighted by Crippen LogP contribution is -2.43. The Kier molecular flexibility index (Phi) is 4.86. The number of aromatic nitrogens is 1. The number of methoxy groups -OCH3 is 1. The average molecular weight is 259 g/mol. The van der Waals surface area contributed by atoms with Crippen LogP contribution in [0.1, 0.15) is 10.4 Å². The monoisotopic (exact) mass is 258 g/mol. The molecule has 0 saturated heterocycles. The maximum atomic E-state index is 11.7. The van der Waals surface area contributed by atoms with Crippen molar-refractivity contribution in [3.05, 3.63) is 29.0 Å². The highest BCUT2D eigenvalue weighted by atomic mass is 35.5. The second-order valence-corrected chi connectivity index (χ2v) is 3.58. The first-order valence-electron chi connectivity index (χ1n) is 4.68. The molecular formula is C10H11ClN2O4. The Balaban J connectivity index is 2.77. The molecule has 92 valence electrons. The molecule has 6 nitrogen and oxygen atoms in total. The summed E-state index contributed by atoms with van der Waals surface area (Å²) in [4.78, 5) is 26.2. The molecular weight excluding hydrogens is 248 g/mol. The summed E-state index contributed by atoms with van der Waals surface area (Å²) in [7, 11) is 1.35. The summed E-state index contributed by atoms with van der Waals surface area (Å²) in [5.41, 5.74) is 0.122. The number of amides is 1. The van der Waals surface area contributed by atoms with Gasteiger partial charge in [-0.3, -0.25) is 9.78 Å². The van der Waals surface area contributed by atoms with Crippen molar-refractivity contribution in [1.82, 2.24) is 10.3 Å². The number of aliphatic carboxylic acids is 1. The van der Waals surface area contributed by atoms with Gasteiger partial charge in [-0.25, -0.2) is 4.79 Å². The van der Waals surface area contributed by atoms with E-state index in [2.05, 4.69) is 15.0 Å². The number of carboxylic acid groups (broad SMARTS) is 1. The highest BCUT2D eigenvalue weighted by Crippen LogP contribution is 2.13. The lowest BCUT2D eigenvalue weighted by atomic mass is 10.2. The first-order valence-corrected chi connectivity index (χ1v) is 5.06. The second-order valence-electron chi connectivity index (χ2n) is 3.18. The van der Waals surface area contributed by atoms with E-state index in [-0.39, 0.29) is 17.2 Å². The third-order valence-electron chi connectivity index (χ3n) is 1.95. The van der Waals surface area contributed by atoms with Crippen LogP contribution in [-0.4, -0.2) is 41.7 Å². The minimum Gasteiger partial charge on any atom is -0.480 e. The number of carboxylic acids is 1. The SMILES string of the molecule is COCC(NC(=O)c1cnccc1Cl)C(=O)O. The van der Waals surface area contributed by atoms with Gasteiger partial charge < -0.3 is 15.2 Å². The number of hydrogen-bond acceptors (Lipinski definition) is 4. The van der Waals surface area contributed by atoms with Gasteiger partial charge in [0.2, 0.25) is 0 Å². The average Bonchev–Trinajstić information content (AvgIpc) is 2.28. The Morgan fingerprint density at radius 3 is 2.88 bits per heavy atom. The number of nitrogens with zero attached hydrogens (tertiary/aromatic N) is 1. The molecule has 0 aromatic carbocycles. The van der Waals surface area contributed by atoms with Crippen molar-refractivity contribution in [2.24, 2.45) is 0 Å². The molecule has 1 unspecified atom stereocenters. The van der Waals surface area contributed by atoms with Crippen LogP contribution in [0.4, 0.5) is 0 Å². The molecule has 0 aliphatic heterocycles. The van der Waals surface area contributed by atoms with Gasteiger partial charge in [-0.2, -0.15) is 0 Å². The molecule has 1 atom stereocenters. The summed E-state index contributed by atoms with van der Waals surface area (Å²) in [5.74, 6) is -1.78. The molecule has 0 radical (unpaired) electrons. The third kappa shape index (κ3) is 3.69. The number of rotatable bonds is 5. The van der Waals surface area contributed by atoms with Crippen molar-refractivity contribution >= 4 is 23.5 Å². The van der Waals surface area contributed by atoms with Gasteiger partial charge in [0.1, 0.15) is 0 Å². The van der Waals surface area contributed by atoms with Crippen LogP contribution in [0.5, 0.6) is 0 Å². The zero-order valence-electron chi connectivity index (χ0n) is 9.01. The summed E-state index contributed by atoms with van der Waals surface area (Å²) in [5, 5.41) is 11.3. The maximum Gasteiger partial charge on any atom is 0.328 e. The number of nitrogens with one attached hydrogen (secondary N) is 1. The van der Waals surface area contributed by atoms with E-state index < -0.39 is 17.9 Å². The Labute approximate surface area is 103 Å². The topological polar surface area (TPSA) is 88.5 Å². The normalized spacial score (nSPS) is 11.9. The molecule has 0 bridgehead atoms. The van der Waals surface area contributed by atoms with Gasteiger partial charge >= 0.3 is 5.97 Å². The van der Waals surface area contributed by atoms with Gasteiger partial charge in [0.25, 0.3) is 5.91 Å². The fourth-order valence-electron chi connectivity index (χ4n) is 1.12. The molecule has 0 fully saturated rings. The second kappa shape index (κ2) is 6.17. The summed E-state index contributed by atoms with van der Waals surface area (Å²) in [6.45, 7) is -0.126. The molecule has 7 heteroatoms. The highest BCUT2D eigenvalue weighted by Gasteiger charge is 2.21. The third-order valence-corrected chi connectivity index (χ3v) is 2.28. The van der Waals surface area contributed by atoms with Gasteiger partial charge in [0.15, 0.2) is 6.04 Å². The van der Waals surface area contributed by atoms with Crippen LogP contribution in [-0.2, 0) is 9.53 Å². The zero-order valence-corrected chi connectivity index (χ0v) is 9.77. The highest BCUT2D eigenvalue weighted by molar-refractivity contribution is 6.33. The quantitative estimate of drug-likeness (QED) is 0.806. The Bertz CT molecular complexity index is 425. The summed E-state index contributed by atoms with van der Waals surface area (Å²) >= 11 is 5.78. The van der Waals surface area contributed by atoms with Crippen LogP contribution in [0, 0.1) is 0 Å². The molecule has 0 spiro atoms. The molecule has 0 saturated carbocycles. The van der Waals surface area contributed by atoms with Crippen LogP contribution in [0.3, 0.4) is 0 Å². The Hall–Kier alpha value is -1.66. The maximum absolute atomic E-state index is 11.7. The number of carbonyl (C=O) groups is 2. The van der Waals surface area contributed by atoms with E-state index in [9.17, 15) is 9.59 Å². The molecule has 2 N–H and O–H groups in total. The van der Waals surface area contributed by atoms with E-state index in [1.54, 1.807) is 0 Å². The van der Waals surface area contributed by atoms with E-state index in [0.29, 0.717) is 0 Å². The molecule has 1 rings (SSSR count). The van der Waals surface area contributed by atoms with E-state index in [0.717, 1.165) is 0 Å². The summed E-state index contributed by atoms with van der Waals surface area (Å²) in [6.07, 6.45) is 2.70. The van der Waals surface area contributed by atoms with Crippen molar-refractivity contribution in [2.45, 2.75) is 6.04 Å². The zero-order chi connectivity index (χ0) is 12.8. The number of carbonyl (C=O) groups excluding carboxylic acids is 1. The van der Waals surface area contributed by atoms with Crippen LogP contribution in [0.2, 0.25) is 5.02 Å². The molecule has 0 aliphatic carbocycles. The smallest absolute Gasteiger partial charge is 0.328 e. The van der Waals surface area contributed by atoms with Crippen LogP contribution in [0.25, 0.3) is 0 Å². The molecule has 1 amide bonds. The first-order chi connectivity index (χ1) is 8.06. The Morgan fingerprint density at radius 1 is 1.65 bits per heavy atom. The van der Waals surface area contributed by atoms with Gasteiger partial charge in [0, 0.05) is 19.5 Å². The first kappa shape index (κ1) is 13.4. The van der Waals surface area contributed by atoms with E-state index in [4.69, 9.17) is 16.7 Å².